The molecule has 3 aromatic carbocycles. The Balaban J connectivity index is 1.83. The molecule has 0 N–H and O–H groups in total. The summed E-state index contributed by atoms with van der Waals surface area (Å²) in [7, 11) is 0. The maximum Gasteiger partial charge on any atom is 0.347 e. The number of ether oxygens (including phenoxy) is 1. The molecule has 0 saturated carbocycles. The van der Waals surface area contributed by atoms with Crippen molar-refractivity contribution in [2.45, 2.75) is 32.6 Å². The largest absolute Gasteiger partial charge is 0.386 e. The number of cyclic esters (lactones) is 2. The average molecular weight is 342 g/mol. The average Bonchev–Trinajstić information content (AvgIpc) is 2.91. The quantitative estimate of drug-likeness (QED) is 0.451. The normalized spacial score (nSPS) is 15.7. The van der Waals surface area contributed by atoms with E-state index in [2.05, 4.69) is 36.4 Å². The lowest BCUT2D eigenvalue weighted by Crippen LogP contribution is -2.05. The minimum Gasteiger partial charge on any atom is -0.386 e. The monoisotopic (exact) mass is 342 g/mol. The van der Waals surface area contributed by atoms with Crippen molar-refractivity contribution in [2.24, 2.45) is 0 Å². The molecule has 0 unspecified atom stereocenters. The van der Waals surface area contributed by atoms with Crippen LogP contribution in [0.1, 0.15) is 48.5 Å². The molecule has 26 heavy (non-hydrogen) atoms. The number of rotatable bonds is 0. The third-order valence-corrected chi connectivity index (χ3v) is 5.65. The van der Waals surface area contributed by atoms with Gasteiger partial charge in [-0.3, -0.25) is 0 Å². The Morgan fingerprint density at radius 1 is 0.731 bits per heavy atom. The summed E-state index contributed by atoms with van der Waals surface area (Å²) in [6.45, 7) is 2.02. The predicted molar refractivity (Wildman–Crippen MR) is 99.7 cm³/mol. The Kier molecular flexibility index (Phi) is 3.26. The smallest absolute Gasteiger partial charge is 0.347 e. The molecule has 128 valence electrons. The van der Waals surface area contributed by atoms with Crippen LogP contribution in [0.25, 0.3) is 10.8 Å². The van der Waals surface area contributed by atoms with Gasteiger partial charge in [-0.2, -0.15) is 0 Å². The van der Waals surface area contributed by atoms with Crippen LogP contribution in [0.4, 0.5) is 0 Å². The third-order valence-electron chi connectivity index (χ3n) is 5.65. The maximum atomic E-state index is 12.4. The highest BCUT2D eigenvalue weighted by Crippen LogP contribution is 2.36. The van der Waals surface area contributed by atoms with Crippen LogP contribution in [0.5, 0.6) is 0 Å². The van der Waals surface area contributed by atoms with Gasteiger partial charge in [0.05, 0.1) is 11.1 Å². The van der Waals surface area contributed by atoms with Crippen molar-refractivity contribution < 1.29 is 14.3 Å². The molecule has 0 amide bonds. The summed E-state index contributed by atoms with van der Waals surface area (Å²) in [6.07, 6.45) is 3.58. The van der Waals surface area contributed by atoms with E-state index >= 15 is 0 Å². The molecule has 0 fully saturated rings. The van der Waals surface area contributed by atoms with Gasteiger partial charge in [0.2, 0.25) is 0 Å². The highest BCUT2D eigenvalue weighted by molar-refractivity contribution is 6.22. The lowest BCUT2D eigenvalue weighted by molar-refractivity contribution is 0.0444. The molecule has 0 aromatic heterocycles. The summed E-state index contributed by atoms with van der Waals surface area (Å²) in [6, 6.07) is 14.9. The second-order valence-electron chi connectivity index (χ2n) is 7.24. The van der Waals surface area contributed by atoms with Crippen LogP contribution < -0.4 is 0 Å². The van der Waals surface area contributed by atoms with Gasteiger partial charge in [-0.25, -0.2) is 9.59 Å². The second kappa shape index (κ2) is 5.53. The number of esters is 2. The molecule has 4 aliphatic carbocycles. The van der Waals surface area contributed by atoms with Gasteiger partial charge < -0.3 is 4.74 Å². The van der Waals surface area contributed by atoms with E-state index in [4.69, 9.17) is 4.74 Å². The molecule has 4 bridgehead atoms. The predicted octanol–water partition coefficient (Wildman–Crippen LogP) is 4.34. The first-order valence-electron chi connectivity index (χ1n) is 9.04. The van der Waals surface area contributed by atoms with Crippen molar-refractivity contribution in [3.8, 4) is 0 Å². The van der Waals surface area contributed by atoms with Crippen LogP contribution in [0.3, 0.4) is 0 Å². The van der Waals surface area contributed by atoms with E-state index in [1.807, 2.05) is 13.0 Å². The van der Waals surface area contributed by atoms with Crippen LogP contribution in [-0.4, -0.2) is 11.9 Å². The van der Waals surface area contributed by atoms with Gasteiger partial charge >= 0.3 is 11.9 Å². The van der Waals surface area contributed by atoms with Gasteiger partial charge in [-0.15, -0.1) is 0 Å². The number of aryl methyl sites for hydroxylation is 5. The molecule has 1 aliphatic heterocycles. The highest BCUT2D eigenvalue weighted by Gasteiger charge is 2.33. The fourth-order valence-electron chi connectivity index (χ4n) is 4.33. The standard InChI is InChI=1S/C23H18O3/c1-13-12-18-21(23(25)26-22(18)24)20-17-9-7-15-4-2-14(3-5-15)6-8-16(10-11-17)19(13)20/h2-5,10-12H,6-9H2,1H3. The van der Waals surface area contributed by atoms with Crippen LogP contribution >= 0.6 is 0 Å². The first-order chi connectivity index (χ1) is 12.6. The van der Waals surface area contributed by atoms with Crippen LogP contribution in [-0.2, 0) is 30.4 Å². The Hall–Kier alpha value is -2.94. The number of hydrogen-bond acceptors (Lipinski definition) is 3. The first-order valence-corrected chi connectivity index (χ1v) is 9.04. The summed E-state index contributed by atoms with van der Waals surface area (Å²) >= 11 is 0. The van der Waals surface area contributed by atoms with E-state index in [0.29, 0.717) is 11.1 Å². The van der Waals surface area contributed by atoms with E-state index in [1.54, 1.807) is 0 Å². The molecule has 0 atom stereocenters. The van der Waals surface area contributed by atoms with Gasteiger partial charge in [-0.1, -0.05) is 36.4 Å². The fraction of sp³-hybridized carbons (Fsp3) is 0.217. The first kappa shape index (κ1) is 15.3. The molecule has 8 rings (SSSR count). The van der Waals surface area contributed by atoms with E-state index < -0.39 is 11.9 Å². The second-order valence-corrected chi connectivity index (χ2v) is 7.24. The van der Waals surface area contributed by atoms with Crippen molar-refractivity contribution in [2.75, 3.05) is 0 Å². The molecule has 3 heteroatoms. The lowest BCUT2D eigenvalue weighted by Gasteiger charge is -2.17. The Bertz CT molecular complexity index is 1090. The summed E-state index contributed by atoms with van der Waals surface area (Å²) < 4.78 is 4.93. The molecular formula is C23H18O3. The highest BCUT2D eigenvalue weighted by atomic mass is 16.6. The Labute approximate surface area is 151 Å². The summed E-state index contributed by atoms with van der Waals surface area (Å²) in [5.41, 5.74) is 6.84. The van der Waals surface area contributed by atoms with E-state index in [9.17, 15) is 9.59 Å². The van der Waals surface area contributed by atoms with Crippen molar-refractivity contribution in [3.63, 3.8) is 0 Å². The minimum atomic E-state index is -0.526. The number of fused-ring (bicyclic) bond motifs is 1. The van der Waals surface area contributed by atoms with Gasteiger partial charge in [-0.05, 0) is 71.9 Å². The topological polar surface area (TPSA) is 43.4 Å². The van der Waals surface area contributed by atoms with Gasteiger partial charge in [0.25, 0.3) is 0 Å². The van der Waals surface area contributed by atoms with Gasteiger partial charge in [0.1, 0.15) is 0 Å². The van der Waals surface area contributed by atoms with Crippen molar-refractivity contribution >= 4 is 22.7 Å². The van der Waals surface area contributed by atoms with Crippen LogP contribution in [0.2, 0.25) is 0 Å². The number of carbonyl (C=O) groups is 2. The van der Waals surface area contributed by atoms with Gasteiger partial charge in [0.15, 0.2) is 0 Å². The molecule has 0 saturated heterocycles. The number of carbonyl (C=O) groups excluding carboxylic acids is 2. The van der Waals surface area contributed by atoms with E-state index in [1.165, 1.54) is 16.7 Å². The van der Waals surface area contributed by atoms with Crippen LogP contribution in [0.15, 0.2) is 42.5 Å². The molecule has 0 spiro atoms. The Morgan fingerprint density at radius 3 is 1.92 bits per heavy atom. The van der Waals surface area contributed by atoms with Crippen LogP contribution in [0, 0.1) is 6.92 Å². The van der Waals surface area contributed by atoms with E-state index in [-0.39, 0.29) is 0 Å². The zero-order chi connectivity index (χ0) is 17.8. The van der Waals surface area contributed by atoms with Gasteiger partial charge in [0, 0.05) is 5.39 Å². The fourth-order valence-corrected chi connectivity index (χ4v) is 4.33. The van der Waals surface area contributed by atoms with Crippen molar-refractivity contribution in [3.05, 3.63) is 81.4 Å². The van der Waals surface area contributed by atoms with Crippen molar-refractivity contribution in [1.29, 1.82) is 0 Å². The maximum absolute atomic E-state index is 12.4. The summed E-state index contributed by atoms with van der Waals surface area (Å²) in [5, 5.41) is 2.03. The zero-order valence-corrected chi connectivity index (χ0v) is 14.6. The van der Waals surface area contributed by atoms with Crippen molar-refractivity contribution in [1.82, 2.24) is 0 Å². The number of benzene rings is 3. The molecule has 3 aromatic rings. The molecular weight excluding hydrogens is 324 g/mol. The minimum absolute atomic E-state index is 0.411. The lowest BCUT2D eigenvalue weighted by atomic mass is 9.86. The number of hydrogen-bond donors (Lipinski definition) is 0. The molecule has 1 heterocycles. The summed E-state index contributed by atoms with van der Waals surface area (Å²) in [5.74, 6) is -1.04. The molecule has 3 nitrogen and oxygen atoms in total. The zero-order valence-electron chi connectivity index (χ0n) is 14.6. The van der Waals surface area contributed by atoms with E-state index in [0.717, 1.165) is 47.6 Å². The molecule has 0 radical (unpaired) electrons. The molecule has 5 aliphatic rings. The SMILES string of the molecule is Cc1cc2c(c3c4ccc(c13)CCc1ccc(cc1)CC4)C(=O)OC2=O. The third kappa shape index (κ3) is 2.20. The summed E-state index contributed by atoms with van der Waals surface area (Å²) in [4.78, 5) is 24.5. The Morgan fingerprint density at radius 2 is 1.31 bits per heavy atom.